The predicted octanol–water partition coefficient (Wildman–Crippen LogP) is 3.54. The zero-order chi connectivity index (χ0) is 17.0. The van der Waals surface area contributed by atoms with E-state index < -0.39 is 18.5 Å². The van der Waals surface area contributed by atoms with Crippen LogP contribution < -0.4 is 5.32 Å². The van der Waals surface area contributed by atoms with Gasteiger partial charge in [-0.2, -0.15) is 0 Å². The number of nitrogens with zero attached hydrogens (tertiary/aromatic N) is 1. The summed E-state index contributed by atoms with van der Waals surface area (Å²) < 4.78 is 4.80. The molecule has 1 amide bonds. The largest absolute Gasteiger partial charge is 0.507 e. The summed E-state index contributed by atoms with van der Waals surface area (Å²) >= 11 is 17.2. The quantitative estimate of drug-likeness (QED) is 0.798. The molecule has 2 rings (SSSR count). The summed E-state index contributed by atoms with van der Waals surface area (Å²) in [5.41, 5.74) is -0.107. The van der Waals surface area contributed by atoms with Crippen molar-refractivity contribution in [3.8, 4) is 5.75 Å². The number of benzene rings is 1. The molecule has 0 saturated heterocycles. The molecule has 0 radical (unpaired) electrons. The number of aromatic hydroxyl groups is 1. The summed E-state index contributed by atoms with van der Waals surface area (Å²) in [6.45, 7) is -0.582. The monoisotopic (exact) mass is 374 g/mol. The lowest BCUT2D eigenvalue weighted by molar-refractivity contribution is -0.119. The summed E-state index contributed by atoms with van der Waals surface area (Å²) in [6.07, 6.45) is 1.31. The van der Waals surface area contributed by atoms with E-state index in [0.29, 0.717) is 5.02 Å². The number of carbonyl (C=O) groups excluding carboxylic acids is 2. The molecule has 0 spiro atoms. The van der Waals surface area contributed by atoms with E-state index in [9.17, 15) is 14.7 Å². The highest BCUT2D eigenvalue weighted by molar-refractivity contribution is 6.36. The van der Waals surface area contributed by atoms with Gasteiger partial charge in [-0.25, -0.2) is 9.78 Å². The second-order valence-electron chi connectivity index (χ2n) is 4.27. The first-order chi connectivity index (χ1) is 10.9. The number of hydrogen-bond donors (Lipinski definition) is 2. The number of halogens is 3. The minimum Gasteiger partial charge on any atom is -0.507 e. The Balaban J connectivity index is 1.94. The maximum Gasteiger partial charge on any atom is 0.342 e. The van der Waals surface area contributed by atoms with E-state index in [1.807, 2.05) is 0 Å². The van der Waals surface area contributed by atoms with E-state index in [1.54, 1.807) is 0 Å². The van der Waals surface area contributed by atoms with Crippen LogP contribution in [0.25, 0.3) is 0 Å². The molecule has 1 aromatic carbocycles. The number of pyridine rings is 1. The Morgan fingerprint density at radius 1 is 1.17 bits per heavy atom. The van der Waals surface area contributed by atoms with Gasteiger partial charge in [0, 0.05) is 11.2 Å². The normalized spacial score (nSPS) is 10.2. The number of hydrogen-bond acceptors (Lipinski definition) is 5. The fourth-order valence-corrected chi connectivity index (χ4v) is 2.15. The van der Waals surface area contributed by atoms with Crippen molar-refractivity contribution < 1.29 is 19.4 Å². The van der Waals surface area contributed by atoms with Crippen LogP contribution in [0.3, 0.4) is 0 Å². The molecule has 1 heterocycles. The molecule has 0 aliphatic carbocycles. The van der Waals surface area contributed by atoms with E-state index in [2.05, 4.69) is 10.3 Å². The minimum absolute atomic E-state index is 0.0893. The molecule has 0 unspecified atom stereocenters. The first-order valence-corrected chi connectivity index (χ1v) is 7.26. The molecule has 0 saturated carbocycles. The molecular formula is C14H9Cl3N2O4. The van der Waals surface area contributed by atoms with Crippen LogP contribution in [-0.4, -0.2) is 28.6 Å². The molecule has 1 aromatic heterocycles. The van der Waals surface area contributed by atoms with Crippen LogP contribution in [0.5, 0.6) is 5.75 Å². The van der Waals surface area contributed by atoms with Gasteiger partial charge in [-0.1, -0.05) is 34.8 Å². The summed E-state index contributed by atoms with van der Waals surface area (Å²) in [6, 6.07) is 5.30. The van der Waals surface area contributed by atoms with Crippen molar-refractivity contribution in [1.82, 2.24) is 4.98 Å². The third-order valence-electron chi connectivity index (χ3n) is 2.58. The van der Waals surface area contributed by atoms with Gasteiger partial charge in [0.1, 0.15) is 11.3 Å². The molecule has 2 N–H and O–H groups in total. The smallest absolute Gasteiger partial charge is 0.342 e. The maximum absolute atomic E-state index is 11.8. The van der Waals surface area contributed by atoms with Crippen LogP contribution in [0, 0.1) is 0 Å². The number of amides is 1. The van der Waals surface area contributed by atoms with Crippen LogP contribution in [0.1, 0.15) is 10.4 Å². The van der Waals surface area contributed by atoms with Crippen LogP contribution >= 0.6 is 34.8 Å². The van der Waals surface area contributed by atoms with Gasteiger partial charge in [0.2, 0.25) is 0 Å². The molecule has 0 aliphatic heterocycles. The fourth-order valence-electron chi connectivity index (χ4n) is 1.56. The van der Waals surface area contributed by atoms with Gasteiger partial charge in [0.05, 0.1) is 10.0 Å². The van der Waals surface area contributed by atoms with E-state index in [1.165, 1.54) is 30.5 Å². The summed E-state index contributed by atoms with van der Waals surface area (Å²) in [5.74, 6) is -1.77. The fraction of sp³-hybridized carbons (Fsp3) is 0.0714. The number of anilines is 1. The molecule has 0 bridgehead atoms. The lowest BCUT2D eigenvalue weighted by Gasteiger charge is -2.08. The number of rotatable bonds is 4. The van der Waals surface area contributed by atoms with Crippen molar-refractivity contribution in [1.29, 1.82) is 0 Å². The van der Waals surface area contributed by atoms with Crippen LogP contribution in [0.4, 0.5) is 5.82 Å². The Morgan fingerprint density at radius 2 is 1.91 bits per heavy atom. The zero-order valence-electron chi connectivity index (χ0n) is 11.3. The van der Waals surface area contributed by atoms with Crippen molar-refractivity contribution in [3.63, 3.8) is 0 Å². The lowest BCUT2D eigenvalue weighted by atomic mass is 10.2. The van der Waals surface area contributed by atoms with Gasteiger partial charge in [-0.3, -0.25) is 4.79 Å². The van der Waals surface area contributed by atoms with Crippen LogP contribution in [0.2, 0.25) is 15.1 Å². The maximum atomic E-state index is 11.8. The van der Waals surface area contributed by atoms with Gasteiger partial charge >= 0.3 is 5.97 Å². The molecule has 6 nitrogen and oxygen atoms in total. The van der Waals surface area contributed by atoms with E-state index in [-0.39, 0.29) is 27.2 Å². The summed E-state index contributed by atoms with van der Waals surface area (Å²) in [5, 5.41) is 12.7. The van der Waals surface area contributed by atoms with E-state index >= 15 is 0 Å². The minimum atomic E-state index is -0.871. The molecule has 0 aliphatic rings. The average Bonchev–Trinajstić information content (AvgIpc) is 2.48. The van der Waals surface area contributed by atoms with E-state index in [0.717, 1.165) is 0 Å². The lowest BCUT2D eigenvalue weighted by Crippen LogP contribution is -2.21. The Labute approximate surface area is 145 Å². The zero-order valence-corrected chi connectivity index (χ0v) is 13.6. The van der Waals surface area contributed by atoms with Crippen molar-refractivity contribution in [2.24, 2.45) is 0 Å². The molecule has 23 heavy (non-hydrogen) atoms. The highest BCUT2D eigenvalue weighted by Crippen LogP contribution is 2.23. The molecular weight excluding hydrogens is 367 g/mol. The third-order valence-corrected chi connectivity index (χ3v) is 3.31. The Kier molecular flexibility index (Phi) is 5.65. The Morgan fingerprint density at radius 3 is 2.57 bits per heavy atom. The first-order valence-electron chi connectivity index (χ1n) is 6.13. The van der Waals surface area contributed by atoms with Crippen molar-refractivity contribution in [2.75, 3.05) is 11.9 Å². The van der Waals surface area contributed by atoms with Crippen LogP contribution in [0.15, 0.2) is 30.5 Å². The number of ether oxygens (including phenoxy) is 1. The number of phenols is 1. The SMILES string of the molecule is O=C(COC(=O)c1ccc(Cl)cc1O)Nc1ncc(Cl)cc1Cl. The number of aromatic nitrogens is 1. The summed E-state index contributed by atoms with van der Waals surface area (Å²) in [7, 11) is 0. The van der Waals surface area contributed by atoms with Crippen molar-refractivity contribution in [2.45, 2.75) is 0 Å². The Hall–Kier alpha value is -2.02. The van der Waals surface area contributed by atoms with Gasteiger partial charge in [0.25, 0.3) is 5.91 Å². The Bertz CT molecular complexity index is 768. The van der Waals surface area contributed by atoms with Crippen molar-refractivity contribution >= 4 is 52.5 Å². The van der Waals surface area contributed by atoms with Gasteiger partial charge < -0.3 is 15.2 Å². The predicted molar refractivity (Wildman–Crippen MR) is 86.3 cm³/mol. The number of esters is 1. The number of phenolic OH excluding ortho intramolecular Hbond substituents is 1. The molecule has 9 heteroatoms. The number of carbonyl (C=O) groups is 2. The molecule has 120 valence electrons. The van der Waals surface area contributed by atoms with Gasteiger partial charge in [-0.15, -0.1) is 0 Å². The van der Waals surface area contributed by atoms with E-state index in [4.69, 9.17) is 39.5 Å². The molecule has 0 fully saturated rings. The summed E-state index contributed by atoms with van der Waals surface area (Å²) in [4.78, 5) is 27.3. The second kappa shape index (κ2) is 7.50. The molecule has 0 atom stereocenters. The highest BCUT2D eigenvalue weighted by atomic mass is 35.5. The van der Waals surface area contributed by atoms with Gasteiger partial charge in [-0.05, 0) is 24.3 Å². The second-order valence-corrected chi connectivity index (χ2v) is 5.55. The first kappa shape index (κ1) is 17.3. The number of nitrogens with one attached hydrogen (secondary N) is 1. The standard InChI is InChI=1S/C14H9Cl3N2O4/c15-7-1-2-9(11(20)4-7)14(22)23-6-12(21)19-13-10(17)3-8(16)5-18-13/h1-5,20H,6H2,(H,18,19,21). The highest BCUT2D eigenvalue weighted by Gasteiger charge is 2.15. The van der Waals surface area contributed by atoms with Crippen molar-refractivity contribution in [3.05, 3.63) is 51.1 Å². The van der Waals surface area contributed by atoms with Crippen LogP contribution in [-0.2, 0) is 9.53 Å². The average molecular weight is 376 g/mol. The third kappa shape index (κ3) is 4.72. The topological polar surface area (TPSA) is 88.5 Å². The van der Waals surface area contributed by atoms with Gasteiger partial charge in [0.15, 0.2) is 12.4 Å². The molecule has 2 aromatic rings.